The zero-order valence-electron chi connectivity index (χ0n) is 20.8. The summed E-state index contributed by atoms with van der Waals surface area (Å²) in [6.07, 6.45) is 5.93. The van der Waals surface area contributed by atoms with Crippen molar-refractivity contribution in [3.8, 4) is 0 Å². The zero-order valence-corrected chi connectivity index (χ0v) is 21.6. The van der Waals surface area contributed by atoms with Gasteiger partial charge >= 0.3 is 6.18 Å². The predicted octanol–water partition coefficient (Wildman–Crippen LogP) is 6.31. The van der Waals surface area contributed by atoms with Gasteiger partial charge in [0.25, 0.3) is 0 Å². The fourth-order valence-electron chi connectivity index (χ4n) is 2.97. The van der Waals surface area contributed by atoms with Gasteiger partial charge in [-0.3, -0.25) is 4.98 Å². The van der Waals surface area contributed by atoms with Crippen LogP contribution >= 0.6 is 12.2 Å². The summed E-state index contributed by atoms with van der Waals surface area (Å²) >= 11 is 5.50. The van der Waals surface area contributed by atoms with Crippen LogP contribution in [0, 0.1) is 12.8 Å². The van der Waals surface area contributed by atoms with Gasteiger partial charge in [0, 0.05) is 51.3 Å². The zero-order chi connectivity index (χ0) is 26.6. The van der Waals surface area contributed by atoms with Crippen molar-refractivity contribution < 1.29 is 13.2 Å². The van der Waals surface area contributed by atoms with Crippen molar-refractivity contribution in [2.75, 3.05) is 17.7 Å². The van der Waals surface area contributed by atoms with Crippen molar-refractivity contribution >= 4 is 28.7 Å². The highest BCUT2D eigenvalue weighted by molar-refractivity contribution is 7.80. The van der Waals surface area contributed by atoms with Crippen molar-refractivity contribution in [2.24, 2.45) is 5.92 Å². The molecule has 0 unspecified atom stereocenters. The molecule has 0 amide bonds. The summed E-state index contributed by atoms with van der Waals surface area (Å²) < 4.78 is 33.2. The van der Waals surface area contributed by atoms with E-state index in [0.29, 0.717) is 11.5 Å². The molecule has 1 aromatic carbocycles. The van der Waals surface area contributed by atoms with E-state index in [-0.39, 0.29) is 6.92 Å². The topological polar surface area (TPSA) is 66.8 Å². The number of hydrogen-bond acceptors (Lipinski definition) is 5. The van der Waals surface area contributed by atoms with Gasteiger partial charge in [0.05, 0.1) is 0 Å². The summed E-state index contributed by atoms with van der Waals surface area (Å²) in [7, 11) is 1.87. The Morgan fingerprint density at radius 1 is 1.22 bits per heavy atom. The summed E-state index contributed by atoms with van der Waals surface area (Å²) in [5.41, 5.74) is 3.46. The van der Waals surface area contributed by atoms with E-state index in [0.717, 1.165) is 35.4 Å². The normalized spacial score (nSPS) is 12.3. The van der Waals surface area contributed by atoms with E-state index in [2.05, 4.69) is 56.1 Å². The molecule has 1 saturated carbocycles. The highest BCUT2D eigenvalue weighted by atomic mass is 32.1. The van der Waals surface area contributed by atoms with Gasteiger partial charge in [0.15, 0.2) is 5.82 Å². The Labute approximate surface area is 216 Å². The first kappa shape index (κ1) is 28.8. The maximum Gasteiger partial charge on any atom is 0.386 e. The first-order valence-electron chi connectivity index (χ1n) is 11.5. The molecule has 4 rings (SSSR count). The minimum Gasteiger partial charge on any atom is -0.372 e. The molecular weight excluding hydrogens is 485 g/mol. The van der Waals surface area contributed by atoms with Crippen molar-refractivity contribution in [3.05, 3.63) is 84.7 Å². The molecule has 2 aromatic heterocycles. The highest BCUT2D eigenvalue weighted by Gasteiger charge is 2.24. The number of halogens is 3. The van der Waals surface area contributed by atoms with Crippen LogP contribution in [-0.2, 0) is 13.1 Å². The average molecular weight is 519 g/mol. The van der Waals surface area contributed by atoms with Crippen molar-refractivity contribution in [3.63, 3.8) is 0 Å². The average Bonchev–Trinajstić information content (AvgIpc) is 3.56. The monoisotopic (exact) mass is 518 g/mol. The molecule has 36 heavy (non-hydrogen) atoms. The standard InChI is InChI=1S/C15H19N5S.C9H11N.C2H3F3/c1-16-13-10-20(9-11-4-5-11)14(19-13)15(21)18-8-12-3-2-6-17-7-12;1-3-10-9-6-4-8(2)5-7-9;1-2(3,4)5/h2-3,6-7,10-11,16H,4-5,8-9H2,1H3,(H,18,21);3-7,10H,1H2,2H3;1H3. The van der Waals surface area contributed by atoms with Crippen LogP contribution < -0.4 is 16.0 Å². The lowest BCUT2D eigenvalue weighted by Crippen LogP contribution is -2.25. The number of aryl methyl sites for hydroxylation is 1. The van der Waals surface area contributed by atoms with E-state index in [4.69, 9.17) is 12.2 Å². The molecule has 1 fully saturated rings. The quantitative estimate of drug-likeness (QED) is 0.304. The fraction of sp³-hybridized carbons (Fsp3) is 0.346. The van der Waals surface area contributed by atoms with Crippen molar-refractivity contribution in [2.45, 2.75) is 46.0 Å². The first-order valence-corrected chi connectivity index (χ1v) is 11.9. The third kappa shape index (κ3) is 11.8. The summed E-state index contributed by atoms with van der Waals surface area (Å²) in [4.78, 5) is 9.34. The van der Waals surface area contributed by atoms with E-state index in [1.54, 1.807) is 12.4 Å². The highest BCUT2D eigenvalue weighted by Crippen LogP contribution is 2.31. The predicted molar refractivity (Wildman–Crippen MR) is 144 cm³/mol. The second-order valence-corrected chi connectivity index (χ2v) is 8.74. The van der Waals surface area contributed by atoms with E-state index in [1.807, 2.05) is 43.7 Å². The molecule has 0 bridgehead atoms. The summed E-state index contributed by atoms with van der Waals surface area (Å²) in [6.45, 7) is 7.49. The second kappa shape index (κ2) is 14.2. The van der Waals surface area contributed by atoms with E-state index in [1.165, 1.54) is 18.4 Å². The summed E-state index contributed by atoms with van der Waals surface area (Å²) in [5, 5.41) is 9.35. The van der Waals surface area contributed by atoms with Crippen LogP contribution in [-0.4, -0.2) is 32.7 Å². The Balaban J connectivity index is 0.000000252. The molecule has 0 spiro atoms. The molecule has 2 heterocycles. The Bertz CT molecular complexity index is 1070. The van der Waals surface area contributed by atoms with Gasteiger partial charge in [-0.05, 0) is 55.6 Å². The number of alkyl halides is 3. The van der Waals surface area contributed by atoms with Gasteiger partial charge in [-0.2, -0.15) is 13.2 Å². The van der Waals surface area contributed by atoms with E-state index in [9.17, 15) is 13.2 Å². The maximum atomic E-state index is 10.4. The number of hydrogen-bond donors (Lipinski definition) is 3. The van der Waals surface area contributed by atoms with Crippen molar-refractivity contribution in [1.82, 2.24) is 19.9 Å². The Morgan fingerprint density at radius 2 is 1.89 bits per heavy atom. The number of nitrogens with one attached hydrogen (secondary N) is 3. The lowest BCUT2D eigenvalue weighted by molar-refractivity contribution is -0.110. The summed E-state index contributed by atoms with van der Waals surface area (Å²) in [5.74, 6) is 2.48. The second-order valence-electron chi connectivity index (χ2n) is 8.34. The molecule has 10 heteroatoms. The molecule has 1 aliphatic rings. The van der Waals surface area contributed by atoms with Gasteiger partial charge < -0.3 is 20.5 Å². The minimum atomic E-state index is -4.00. The number of anilines is 2. The van der Waals surface area contributed by atoms with Crippen molar-refractivity contribution in [1.29, 1.82) is 0 Å². The molecule has 0 saturated heterocycles. The lowest BCUT2D eigenvalue weighted by atomic mass is 10.2. The number of benzene rings is 1. The largest absolute Gasteiger partial charge is 0.386 e. The number of rotatable bonds is 8. The summed E-state index contributed by atoms with van der Waals surface area (Å²) in [6, 6.07) is 12.1. The van der Waals surface area contributed by atoms with Crippen LogP contribution in [0.3, 0.4) is 0 Å². The molecular formula is C26H33F3N6S. The maximum absolute atomic E-state index is 10.4. The number of nitrogens with zero attached hydrogens (tertiary/aromatic N) is 3. The van der Waals surface area contributed by atoms with Crippen LogP contribution in [0.4, 0.5) is 24.7 Å². The number of imidazole rings is 1. The van der Waals surface area contributed by atoms with E-state index < -0.39 is 6.18 Å². The number of thiocarbonyl (C=S) groups is 1. The van der Waals surface area contributed by atoms with Gasteiger partial charge in [-0.15, -0.1) is 0 Å². The molecule has 0 radical (unpaired) electrons. The van der Waals surface area contributed by atoms with Crippen LogP contribution in [0.1, 0.15) is 36.7 Å². The molecule has 0 atom stereocenters. The third-order valence-corrected chi connectivity index (χ3v) is 5.21. The van der Waals surface area contributed by atoms with Gasteiger partial charge in [-0.25, -0.2) is 4.98 Å². The van der Waals surface area contributed by atoms with Crippen LogP contribution in [0.2, 0.25) is 0 Å². The number of pyridine rings is 1. The fourth-order valence-corrected chi connectivity index (χ4v) is 3.20. The lowest BCUT2D eigenvalue weighted by Gasteiger charge is -2.10. The number of aromatic nitrogens is 3. The SMILES string of the molecule is C=CNc1ccc(C)cc1.CC(F)(F)F.CNc1cn(CC2CC2)c(C(=S)NCc2cccnc2)n1. The van der Waals surface area contributed by atoms with Gasteiger partial charge in [-0.1, -0.05) is 42.6 Å². The van der Waals surface area contributed by atoms with E-state index >= 15 is 0 Å². The Kier molecular flexibility index (Phi) is 11.4. The molecule has 6 nitrogen and oxygen atoms in total. The minimum absolute atomic E-state index is 0.188. The smallest absolute Gasteiger partial charge is 0.372 e. The molecule has 3 aromatic rings. The van der Waals surface area contributed by atoms with Crippen LogP contribution in [0.5, 0.6) is 0 Å². The van der Waals surface area contributed by atoms with Gasteiger partial charge in [0.1, 0.15) is 10.8 Å². The Hall–Kier alpha value is -3.40. The van der Waals surface area contributed by atoms with Gasteiger partial charge in [0.2, 0.25) is 0 Å². The first-order chi connectivity index (χ1) is 17.1. The molecule has 1 aliphatic carbocycles. The Morgan fingerprint density at radius 3 is 2.42 bits per heavy atom. The third-order valence-electron chi connectivity index (χ3n) is 4.88. The molecule has 194 valence electrons. The van der Waals surface area contributed by atoms with Crippen LogP contribution in [0.25, 0.3) is 0 Å². The molecule has 3 N–H and O–H groups in total. The molecule has 0 aliphatic heterocycles. The van der Waals surface area contributed by atoms with Crippen LogP contribution in [0.15, 0.2) is 67.8 Å².